The highest BCUT2D eigenvalue weighted by Gasteiger charge is 2.35. The Balaban J connectivity index is 2.25. The normalized spacial score (nSPS) is 22.4. The molecule has 2 unspecified atom stereocenters. The van der Waals surface area contributed by atoms with E-state index in [0.717, 1.165) is 29.7 Å². The lowest BCUT2D eigenvalue weighted by molar-refractivity contribution is 0.413. The van der Waals surface area contributed by atoms with Gasteiger partial charge in [-0.05, 0) is 42.5 Å². The number of methoxy groups -OCH3 is 1. The number of fused-ring (bicyclic) bond motifs is 1. The molecule has 0 radical (unpaired) electrons. The first-order valence-electron chi connectivity index (χ1n) is 7.13. The summed E-state index contributed by atoms with van der Waals surface area (Å²) >= 11 is 0. The summed E-state index contributed by atoms with van der Waals surface area (Å²) in [6.07, 6.45) is 2.94. The van der Waals surface area contributed by atoms with E-state index in [1.54, 1.807) is 7.11 Å². The van der Waals surface area contributed by atoms with Crippen LogP contribution in [0.1, 0.15) is 43.4 Å². The van der Waals surface area contributed by atoms with Crippen LogP contribution < -0.4 is 10.5 Å². The quantitative estimate of drug-likeness (QED) is 0.905. The summed E-state index contributed by atoms with van der Waals surface area (Å²) in [6.45, 7) is 2.00. The fourth-order valence-corrected chi connectivity index (χ4v) is 4.89. The Kier molecular flexibility index (Phi) is 4.70. The Morgan fingerprint density at radius 3 is 2.80 bits per heavy atom. The van der Waals surface area contributed by atoms with E-state index in [9.17, 15) is 8.42 Å². The third-order valence-corrected chi connectivity index (χ3v) is 6.36. The van der Waals surface area contributed by atoms with Crippen LogP contribution in [-0.2, 0) is 16.3 Å². The average Bonchev–Trinajstić information content (AvgIpc) is 2.44. The predicted molar refractivity (Wildman–Crippen MR) is 80.7 cm³/mol. The number of nitrogens with two attached hydrogens (primary N) is 1. The lowest BCUT2D eigenvalue weighted by Crippen LogP contribution is -2.38. The van der Waals surface area contributed by atoms with Gasteiger partial charge in [-0.15, -0.1) is 0 Å². The Morgan fingerprint density at radius 2 is 2.15 bits per heavy atom. The molecule has 112 valence electrons. The van der Waals surface area contributed by atoms with Gasteiger partial charge in [0.15, 0.2) is 9.84 Å². The molecule has 0 spiro atoms. The molecule has 0 aromatic heterocycles. The van der Waals surface area contributed by atoms with Crippen molar-refractivity contribution in [2.45, 2.75) is 43.9 Å². The molecule has 0 heterocycles. The number of sulfone groups is 1. The van der Waals surface area contributed by atoms with Crippen molar-refractivity contribution in [2.24, 2.45) is 5.73 Å². The first-order valence-corrected chi connectivity index (χ1v) is 8.85. The second kappa shape index (κ2) is 6.14. The highest BCUT2D eigenvalue weighted by Crippen LogP contribution is 2.34. The molecule has 0 saturated carbocycles. The number of unbranched alkanes of at least 4 members (excludes halogenated alkanes) is 1. The van der Waals surface area contributed by atoms with Gasteiger partial charge in [0.1, 0.15) is 5.75 Å². The molecule has 0 aliphatic heterocycles. The van der Waals surface area contributed by atoms with Crippen LogP contribution in [-0.4, -0.2) is 26.5 Å². The summed E-state index contributed by atoms with van der Waals surface area (Å²) in [5, 5.41) is -0.449. The van der Waals surface area contributed by atoms with Crippen molar-refractivity contribution < 1.29 is 13.2 Å². The van der Waals surface area contributed by atoms with E-state index in [0.29, 0.717) is 12.8 Å². The second-order valence-electron chi connectivity index (χ2n) is 5.39. The first-order chi connectivity index (χ1) is 9.49. The Labute approximate surface area is 121 Å². The van der Waals surface area contributed by atoms with Crippen LogP contribution in [0.4, 0.5) is 0 Å². The molecule has 4 nitrogen and oxygen atoms in total. The van der Waals surface area contributed by atoms with Crippen molar-refractivity contribution in [1.82, 2.24) is 0 Å². The highest BCUT2D eigenvalue weighted by atomic mass is 32.2. The van der Waals surface area contributed by atoms with Crippen molar-refractivity contribution >= 4 is 9.84 Å². The number of rotatable bonds is 5. The van der Waals surface area contributed by atoms with Gasteiger partial charge in [0.25, 0.3) is 0 Å². The minimum Gasteiger partial charge on any atom is -0.497 e. The summed E-state index contributed by atoms with van der Waals surface area (Å²) in [5.74, 6) is 1.04. The summed E-state index contributed by atoms with van der Waals surface area (Å²) < 4.78 is 30.0. The van der Waals surface area contributed by atoms with Gasteiger partial charge in [-0.1, -0.05) is 19.4 Å². The van der Waals surface area contributed by atoms with Gasteiger partial charge in [0.2, 0.25) is 0 Å². The minimum absolute atomic E-state index is 0.243. The van der Waals surface area contributed by atoms with Crippen LogP contribution in [0.2, 0.25) is 0 Å². The Morgan fingerprint density at radius 1 is 1.40 bits per heavy atom. The fourth-order valence-electron chi connectivity index (χ4n) is 2.83. The molecule has 0 amide bonds. The standard InChI is InChI=1S/C15H23NO3S/c1-3-4-9-20(17,18)14-8-5-11-10-12(19-2)6-7-13(11)15(14)16/h6-7,10,14-15H,3-5,8-9,16H2,1-2H3. The zero-order chi connectivity index (χ0) is 14.8. The molecule has 2 N–H and O–H groups in total. The smallest absolute Gasteiger partial charge is 0.155 e. The van der Waals surface area contributed by atoms with Gasteiger partial charge in [-0.25, -0.2) is 8.42 Å². The monoisotopic (exact) mass is 297 g/mol. The first kappa shape index (κ1) is 15.3. The van der Waals surface area contributed by atoms with Gasteiger partial charge in [-0.3, -0.25) is 0 Å². The molecular weight excluding hydrogens is 274 g/mol. The summed E-state index contributed by atoms with van der Waals surface area (Å²) in [5.41, 5.74) is 8.28. The predicted octanol–water partition coefficient (Wildman–Crippen LogP) is 2.22. The van der Waals surface area contributed by atoms with Crippen LogP contribution in [0.15, 0.2) is 18.2 Å². The minimum atomic E-state index is -3.11. The largest absolute Gasteiger partial charge is 0.497 e. The van der Waals surface area contributed by atoms with Crippen molar-refractivity contribution in [2.75, 3.05) is 12.9 Å². The SMILES string of the molecule is CCCCS(=O)(=O)C1CCc2cc(OC)ccc2C1N. The maximum absolute atomic E-state index is 12.4. The molecule has 5 heteroatoms. The summed E-state index contributed by atoms with van der Waals surface area (Å²) in [6, 6.07) is 5.29. The van der Waals surface area contributed by atoms with E-state index in [2.05, 4.69) is 0 Å². The third kappa shape index (κ3) is 2.99. The molecule has 20 heavy (non-hydrogen) atoms. The van der Waals surface area contributed by atoms with Crippen LogP contribution in [0.3, 0.4) is 0 Å². The van der Waals surface area contributed by atoms with E-state index < -0.39 is 21.1 Å². The fraction of sp³-hybridized carbons (Fsp3) is 0.600. The van der Waals surface area contributed by atoms with Gasteiger partial charge in [0, 0.05) is 6.04 Å². The van der Waals surface area contributed by atoms with Crippen molar-refractivity contribution in [3.05, 3.63) is 29.3 Å². The number of hydrogen-bond acceptors (Lipinski definition) is 4. The zero-order valence-electron chi connectivity index (χ0n) is 12.1. The van der Waals surface area contributed by atoms with Gasteiger partial charge in [0.05, 0.1) is 18.1 Å². The van der Waals surface area contributed by atoms with Gasteiger partial charge < -0.3 is 10.5 Å². The van der Waals surface area contributed by atoms with Gasteiger partial charge in [-0.2, -0.15) is 0 Å². The molecule has 1 aromatic rings. The third-order valence-electron chi connectivity index (χ3n) is 4.05. The van der Waals surface area contributed by atoms with Crippen molar-refractivity contribution in [3.8, 4) is 5.75 Å². The lowest BCUT2D eigenvalue weighted by atomic mass is 9.87. The average molecular weight is 297 g/mol. The van der Waals surface area contributed by atoms with Gasteiger partial charge >= 0.3 is 0 Å². The Hall–Kier alpha value is -1.07. The number of ether oxygens (including phenoxy) is 1. The molecule has 2 atom stereocenters. The molecule has 1 aromatic carbocycles. The summed E-state index contributed by atoms with van der Waals surface area (Å²) in [7, 11) is -1.48. The topological polar surface area (TPSA) is 69.4 Å². The molecule has 0 fully saturated rings. The molecule has 1 aliphatic carbocycles. The second-order valence-corrected chi connectivity index (χ2v) is 7.73. The number of aryl methyl sites for hydroxylation is 1. The van der Waals surface area contributed by atoms with Crippen LogP contribution in [0.5, 0.6) is 5.75 Å². The number of hydrogen-bond donors (Lipinski definition) is 1. The van der Waals surface area contributed by atoms with Crippen LogP contribution in [0, 0.1) is 0 Å². The summed E-state index contributed by atoms with van der Waals surface area (Å²) in [4.78, 5) is 0. The lowest BCUT2D eigenvalue weighted by Gasteiger charge is -2.31. The highest BCUT2D eigenvalue weighted by molar-refractivity contribution is 7.92. The van der Waals surface area contributed by atoms with Crippen LogP contribution >= 0.6 is 0 Å². The van der Waals surface area contributed by atoms with Crippen LogP contribution in [0.25, 0.3) is 0 Å². The maximum atomic E-state index is 12.4. The van der Waals surface area contributed by atoms with E-state index >= 15 is 0 Å². The maximum Gasteiger partial charge on any atom is 0.155 e. The Bertz CT molecular complexity index is 568. The van der Waals surface area contributed by atoms with E-state index in [1.807, 2.05) is 25.1 Å². The van der Waals surface area contributed by atoms with E-state index in [4.69, 9.17) is 10.5 Å². The number of benzene rings is 1. The van der Waals surface area contributed by atoms with Crippen molar-refractivity contribution in [3.63, 3.8) is 0 Å². The van der Waals surface area contributed by atoms with Crippen molar-refractivity contribution in [1.29, 1.82) is 0 Å². The molecule has 0 saturated heterocycles. The van der Waals surface area contributed by atoms with E-state index in [-0.39, 0.29) is 5.75 Å². The zero-order valence-corrected chi connectivity index (χ0v) is 12.9. The molecule has 1 aliphatic rings. The molecule has 0 bridgehead atoms. The molecule has 2 rings (SSSR count). The molecular formula is C15H23NO3S. The van der Waals surface area contributed by atoms with E-state index in [1.165, 1.54) is 0 Å².